The highest BCUT2D eigenvalue weighted by Crippen LogP contribution is 2.31. The molecule has 12 heteroatoms. The number of aliphatic carboxylic acids is 1. The number of nitrogens with one attached hydrogen (secondary N) is 1. The van der Waals surface area contributed by atoms with Gasteiger partial charge in [-0.15, -0.1) is 0 Å². The fraction of sp³-hybridized carbons (Fsp3) is 0.333. The van der Waals surface area contributed by atoms with Crippen LogP contribution in [-0.4, -0.2) is 82.8 Å². The molecule has 0 radical (unpaired) electrons. The first-order valence-corrected chi connectivity index (χ1v) is 13.3. The lowest BCUT2D eigenvalue weighted by Gasteiger charge is -2.33. The van der Waals surface area contributed by atoms with E-state index in [0.29, 0.717) is 16.9 Å². The van der Waals surface area contributed by atoms with E-state index in [1.54, 1.807) is 59.6 Å². The highest BCUT2D eigenvalue weighted by atomic mass is 32.2. The number of benzene rings is 2. The average Bonchev–Trinajstić information content (AvgIpc) is 3.53. The molecule has 0 saturated heterocycles. The summed E-state index contributed by atoms with van der Waals surface area (Å²) in [7, 11) is 3.55. The minimum Gasteiger partial charge on any atom is -0.480 e. The zero-order valence-corrected chi connectivity index (χ0v) is 22.8. The zero-order chi connectivity index (χ0) is 28.5. The van der Waals surface area contributed by atoms with Gasteiger partial charge < -0.3 is 31.7 Å². The van der Waals surface area contributed by atoms with Gasteiger partial charge in [-0.2, -0.15) is 0 Å². The van der Waals surface area contributed by atoms with Gasteiger partial charge in [0.15, 0.2) is 5.50 Å². The molecule has 0 fully saturated rings. The number of amides is 3. The third-order valence-corrected chi connectivity index (χ3v) is 7.02. The number of fused-ring (bicyclic) bond motifs is 1. The third kappa shape index (κ3) is 8.06. The standard InChI is InChI=1S/C17H23N5O4S.C10H11NO/c1-20(2)8-13(23)19-17-22(11-18)14(10-27-17)21(9-15(24)25)16(26)12-6-4-3-5-7-12;11-10(12)9-5-4-7-2-1-3-8(7)6-9/h3-7,10,17H,8-9,11,18H2,1-2H3,(H,19,23)(H,24,25);4-6H,1-3H2,(H2,11,12). The molecule has 0 bridgehead atoms. The number of likely N-dealkylation sites (N-methyl/N-ethyl adjacent to an activating group) is 1. The molecular formula is C27H34N6O5S. The van der Waals surface area contributed by atoms with Gasteiger partial charge in [-0.3, -0.25) is 24.1 Å². The SMILES string of the molecule is CN(C)CC(=O)NC1SC=C(N(CC(=O)O)C(=O)c2ccccc2)N1CN.NC(=O)c1ccc2c(c1)CCC2. The second kappa shape index (κ2) is 13.8. The molecule has 0 spiro atoms. The third-order valence-electron chi connectivity index (χ3n) is 6.04. The molecule has 4 rings (SSSR count). The number of thioether (sulfide) groups is 1. The normalized spacial score (nSPS) is 15.6. The predicted molar refractivity (Wildman–Crippen MR) is 149 cm³/mol. The number of carbonyl (C=O) groups is 4. The Labute approximate surface area is 231 Å². The monoisotopic (exact) mass is 554 g/mol. The molecule has 6 N–H and O–H groups in total. The number of primary amides is 1. The summed E-state index contributed by atoms with van der Waals surface area (Å²) >= 11 is 1.25. The van der Waals surface area contributed by atoms with Crippen LogP contribution in [0.4, 0.5) is 0 Å². The van der Waals surface area contributed by atoms with Gasteiger partial charge in [0.05, 0.1) is 13.2 Å². The van der Waals surface area contributed by atoms with E-state index in [-0.39, 0.29) is 25.0 Å². The first-order chi connectivity index (χ1) is 18.6. The smallest absolute Gasteiger partial charge is 0.323 e. The van der Waals surface area contributed by atoms with E-state index < -0.39 is 23.9 Å². The van der Waals surface area contributed by atoms with E-state index in [9.17, 15) is 24.3 Å². The minimum absolute atomic E-state index is 0.00390. The number of hydrogen-bond donors (Lipinski definition) is 4. The first-order valence-electron chi connectivity index (χ1n) is 12.4. The van der Waals surface area contributed by atoms with Crippen LogP contribution < -0.4 is 16.8 Å². The number of aryl methyl sites for hydroxylation is 2. The molecule has 1 heterocycles. The molecule has 2 aliphatic rings. The Kier molecular flexibility index (Phi) is 10.5. The molecule has 3 amide bonds. The van der Waals surface area contributed by atoms with Crippen molar-refractivity contribution in [2.75, 3.05) is 33.9 Å². The van der Waals surface area contributed by atoms with Gasteiger partial charge in [0.2, 0.25) is 11.8 Å². The molecule has 2 aromatic rings. The molecule has 11 nitrogen and oxygen atoms in total. The van der Waals surface area contributed by atoms with E-state index in [4.69, 9.17) is 11.5 Å². The number of carboxylic acid groups (broad SMARTS) is 1. The average molecular weight is 555 g/mol. The van der Waals surface area contributed by atoms with Crippen molar-refractivity contribution in [1.82, 2.24) is 20.0 Å². The van der Waals surface area contributed by atoms with Crippen molar-refractivity contribution in [3.8, 4) is 0 Å². The van der Waals surface area contributed by atoms with Crippen molar-refractivity contribution in [3.05, 3.63) is 82.0 Å². The summed E-state index contributed by atoms with van der Waals surface area (Å²) in [5.41, 5.74) is 14.1. The predicted octanol–water partition coefficient (Wildman–Crippen LogP) is 1.21. The van der Waals surface area contributed by atoms with Crippen LogP contribution in [0.25, 0.3) is 0 Å². The van der Waals surface area contributed by atoms with Crippen LogP contribution in [0, 0.1) is 0 Å². The molecule has 0 aromatic heterocycles. The fourth-order valence-corrected chi connectivity index (χ4v) is 5.28. The Morgan fingerprint density at radius 1 is 1.03 bits per heavy atom. The van der Waals surface area contributed by atoms with Crippen molar-refractivity contribution in [3.63, 3.8) is 0 Å². The highest BCUT2D eigenvalue weighted by molar-refractivity contribution is 8.02. The lowest BCUT2D eigenvalue weighted by atomic mass is 10.1. The van der Waals surface area contributed by atoms with Crippen LogP contribution >= 0.6 is 11.8 Å². The van der Waals surface area contributed by atoms with Crippen molar-refractivity contribution in [2.24, 2.45) is 11.5 Å². The second-order valence-corrected chi connectivity index (χ2v) is 10.2. The lowest BCUT2D eigenvalue weighted by Crippen LogP contribution is -2.51. The largest absolute Gasteiger partial charge is 0.480 e. The summed E-state index contributed by atoms with van der Waals surface area (Å²) in [6.45, 7) is -0.314. The van der Waals surface area contributed by atoms with Gasteiger partial charge in [-0.1, -0.05) is 36.0 Å². The Balaban J connectivity index is 0.000000289. The van der Waals surface area contributed by atoms with E-state index in [1.807, 2.05) is 18.2 Å². The first kappa shape index (κ1) is 29.7. The van der Waals surface area contributed by atoms with Crippen LogP contribution in [0.15, 0.2) is 59.8 Å². The Morgan fingerprint density at radius 3 is 2.33 bits per heavy atom. The van der Waals surface area contributed by atoms with Gasteiger partial charge in [-0.05, 0) is 68.8 Å². The Hall–Kier alpha value is -3.87. The van der Waals surface area contributed by atoms with Crippen molar-refractivity contribution >= 4 is 35.5 Å². The summed E-state index contributed by atoms with van der Waals surface area (Å²) in [5.74, 6) is -1.80. The molecule has 1 aliphatic carbocycles. The molecule has 39 heavy (non-hydrogen) atoms. The summed E-state index contributed by atoms with van der Waals surface area (Å²) in [5, 5.41) is 13.7. The number of nitrogens with two attached hydrogens (primary N) is 2. The molecule has 1 aliphatic heterocycles. The molecule has 1 unspecified atom stereocenters. The summed E-state index contributed by atoms with van der Waals surface area (Å²) in [6, 6.07) is 14.2. The van der Waals surface area contributed by atoms with Crippen LogP contribution in [0.2, 0.25) is 0 Å². The van der Waals surface area contributed by atoms with Crippen molar-refractivity contribution in [1.29, 1.82) is 0 Å². The maximum absolute atomic E-state index is 12.9. The molecule has 1 atom stereocenters. The Bertz CT molecular complexity index is 1240. The van der Waals surface area contributed by atoms with E-state index in [0.717, 1.165) is 17.7 Å². The quantitative estimate of drug-likeness (QED) is 0.357. The molecule has 2 aromatic carbocycles. The topological polar surface area (TPSA) is 162 Å². The Morgan fingerprint density at radius 2 is 1.72 bits per heavy atom. The number of hydrogen-bond acceptors (Lipinski definition) is 8. The molecule has 0 saturated carbocycles. The lowest BCUT2D eigenvalue weighted by molar-refractivity contribution is -0.137. The number of carboxylic acids is 1. The van der Waals surface area contributed by atoms with Crippen LogP contribution in [0.1, 0.15) is 38.3 Å². The van der Waals surface area contributed by atoms with Gasteiger partial charge >= 0.3 is 5.97 Å². The fourth-order valence-electron chi connectivity index (χ4n) is 4.23. The van der Waals surface area contributed by atoms with Crippen LogP contribution in [0.5, 0.6) is 0 Å². The number of carbonyl (C=O) groups excluding carboxylic acids is 3. The van der Waals surface area contributed by atoms with Crippen LogP contribution in [0.3, 0.4) is 0 Å². The summed E-state index contributed by atoms with van der Waals surface area (Å²) < 4.78 is 0. The maximum atomic E-state index is 12.9. The van der Waals surface area contributed by atoms with E-state index >= 15 is 0 Å². The van der Waals surface area contributed by atoms with E-state index in [2.05, 4.69) is 5.32 Å². The van der Waals surface area contributed by atoms with Crippen molar-refractivity contribution in [2.45, 2.75) is 24.8 Å². The zero-order valence-electron chi connectivity index (χ0n) is 22.0. The summed E-state index contributed by atoms with van der Waals surface area (Å²) in [4.78, 5) is 51.5. The van der Waals surface area contributed by atoms with Gasteiger partial charge in [-0.25, -0.2) is 0 Å². The minimum atomic E-state index is -1.15. The number of nitrogens with zero attached hydrogens (tertiary/aromatic N) is 3. The molecule has 208 valence electrons. The van der Waals surface area contributed by atoms with Crippen LogP contribution in [-0.2, 0) is 22.4 Å². The van der Waals surface area contributed by atoms with Gasteiger partial charge in [0.25, 0.3) is 5.91 Å². The maximum Gasteiger partial charge on any atom is 0.323 e. The summed E-state index contributed by atoms with van der Waals surface area (Å²) in [6.07, 6.45) is 3.45. The van der Waals surface area contributed by atoms with Gasteiger partial charge in [0.1, 0.15) is 12.4 Å². The van der Waals surface area contributed by atoms with E-state index in [1.165, 1.54) is 29.3 Å². The van der Waals surface area contributed by atoms with Gasteiger partial charge in [0, 0.05) is 16.5 Å². The molecular weight excluding hydrogens is 520 g/mol. The highest BCUT2D eigenvalue weighted by Gasteiger charge is 2.34. The van der Waals surface area contributed by atoms with Crippen molar-refractivity contribution < 1.29 is 24.3 Å². The second-order valence-electron chi connectivity index (χ2n) is 9.27. The number of rotatable bonds is 9.